The van der Waals surface area contributed by atoms with Gasteiger partial charge in [0.1, 0.15) is 0 Å². The van der Waals surface area contributed by atoms with Crippen molar-refractivity contribution in [2.45, 2.75) is 25.7 Å². The van der Waals surface area contributed by atoms with Crippen LogP contribution in [-0.2, 0) is 12.8 Å². The molecule has 0 saturated carbocycles. The highest BCUT2D eigenvalue weighted by atomic mass is 16.5. The van der Waals surface area contributed by atoms with Crippen LogP contribution in [-0.4, -0.2) is 37.2 Å². The van der Waals surface area contributed by atoms with E-state index in [1.165, 1.54) is 11.1 Å². The van der Waals surface area contributed by atoms with Crippen LogP contribution in [0.25, 0.3) is 11.0 Å². The lowest BCUT2D eigenvalue weighted by molar-refractivity contribution is -0.672. The van der Waals surface area contributed by atoms with Gasteiger partial charge in [0.25, 0.3) is 5.52 Å². The van der Waals surface area contributed by atoms with Gasteiger partial charge in [0.05, 0.1) is 6.54 Å². The summed E-state index contributed by atoms with van der Waals surface area (Å²) in [6.07, 6.45) is 4.20. The zero-order valence-electron chi connectivity index (χ0n) is 13.0. The molecule has 7 heteroatoms. The zero-order valence-corrected chi connectivity index (χ0v) is 13.0. The van der Waals surface area contributed by atoms with E-state index in [-0.39, 0.29) is 5.95 Å². The molecule has 7 nitrogen and oxygen atoms in total. The number of nitrogens with one attached hydrogen (secondary N) is 1. The molecular formula is C15H21N5O2. The molecule has 0 radical (unpaired) electrons. The van der Waals surface area contributed by atoms with Crippen LogP contribution < -0.4 is 14.9 Å². The number of hydrogen-bond acceptors (Lipinski definition) is 5. The molecule has 118 valence electrons. The average molecular weight is 303 g/mol. The molecule has 22 heavy (non-hydrogen) atoms. The number of hydrogen-bond donors (Lipinski definition) is 1. The third-order valence-corrected chi connectivity index (χ3v) is 4.08. The molecule has 0 fully saturated rings. The predicted molar refractivity (Wildman–Crippen MR) is 83.3 cm³/mol. The number of fused-ring (bicyclic) bond motifs is 2. The number of rotatable bonds is 4. The first-order chi connectivity index (χ1) is 10.6. The third kappa shape index (κ3) is 2.76. The van der Waals surface area contributed by atoms with Crippen LogP contribution in [0.4, 0.5) is 5.95 Å². The average Bonchev–Trinajstić information content (AvgIpc) is 2.50. The van der Waals surface area contributed by atoms with Crippen molar-refractivity contribution in [3.8, 4) is 0 Å². The number of aromatic nitrogens is 3. The van der Waals surface area contributed by atoms with Gasteiger partial charge in [-0.3, -0.25) is 5.32 Å². The van der Waals surface area contributed by atoms with Crippen molar-refractivity contribution in [1.82, 2.24) is 10.00 Å². The summed E-state index contributed by atoms with van der Waals surface area (Å²) in [6.45, 7) is 1.31. The molecule has 1 aliphatic carbocycles. The highest BCUT2D eigenvalue weighted by molar-refractivity contribution is 5.71. The number of likely N-dealkylation sites (N-methyl/N-ethyl adjacent to an activating group) is 1. The topological polar surface area (TPSA) is 82.0 Å². The number of aryl methyl sites for hydroxylation is 2. The summed E-state index contributed by atoms with van der Waals surface area (Å²) in [5.74, 6) is 0.0557. The molecule has 0 bridgehead atoms. The van der Waals surface area contributed by atoms with Crippen molar-refractivity contribution in [2.24, 2.45) is 0 Å². The van der Waals surface area contributed by atoms with Crippen molar-refractivity contribution in [3.63, 3.8) is 0 Å². The van der Waals surface area contributed by atoms with Gasteiger partial charge in [0.15, 0.2) is 5.52 Å². The first-order valence-corrected chi connectivity index (χ1v) is 7.64. The van der Waals surface area contributed by atoms with E-state index in [1.807, 2.05) is 31.1 Å². The molecule has 0 aliphatic heterocycles. The van der Waals surface area contributed by atoms with Crippen LogP contribution in [0.2, 0.25) is 0 Å². The van der Waals surface area contributed by atoms with Gasteiger partial charge in [-0.2, -0.15) is 0 Å². The molecule has 0 unspecified atom stereocenters. The lowest BCUT2D eigenvalue weighted by Gasteiger charge is -2.17. The summed E-state index contributed by atoms with van der Waals surface area (Å²) >= 11 is 0. The van der Waals surface area contributed by atoms with E-state index in [2.05, 4.69) is 10.4 Å². The largest absolute Gasteiger partial charge is 0.739 e. The second-order valence-corrected chi connectivity index (χ2v) is 6.04. The fourth-order valence-corrected chi connectivity index (χ4v) is 2.87. The van der Waals surface area contributed by atoms with Crippen LogP contribution in [0.5, 0.6) is 0 Å². The molecule has 3 rings (SSSR count). The van der Waals surface area contributed by atoms with Crippen LogP contribution in [0.3, 0.4) is 0 Å². The maximum atomic E-state index is 12.5. The molecule has 1 heterocycles. The normalized spacial score (nSPS) is 14.3. The van der Waals surface area contributed by atoms with E-state index in [1.54, 1.807) is 0 Å². The molecule has 0 atom stereocenters. The van der Waals surface area contributed by atoms with E-state index < -0.39 is 0 Å². The summed E-state index contributed by atoms with van der Waals surface area (Å²) in [5, 5.41) is 31.4. The van der Waals surface area contributed by atoms with E-state index >= 15 is 0 Å². The molecular weight excluding hydrogens is 282 g/mol. The first kappa shape index (κ1) is 14.8. The van der Waals surface area contributed by atoms with Crippen LogP contribution in [0, 0.1) is 10.4 Å². The van der Waals surface area contributed by atoms with Gasteiger partial charge in [0.2, 0.25) is 5.10 Å². The maximum absolute atomic E-state index is 12.5. The molecule has 0 saturated heterocycles. The molecule has 0 amide bonds. The lowest BCUT2D eigenvalue weighted by atomic mass is 9.91. The van der Waals surface area contributed by atoms with Gasteiger partial charge in [0, 0.05) is 17.5 Å². The van der Waals surface area contributed by atoms with Gasteiger partial charge in [-0.25, -0.2) is 4.73 Å². The molecule has 1 aromatic carbocycles. The van der Waals surface area contributed by atoms with Crippen molar-refractivity contribution >= 4 is 17.0 Å². The second kappa shape index (κ2) is 5.92. The third-order valence-electron chi connectivity index (χ3n) is 4.08. The van der Waals surface area contributed by atoms with E-state index in [4.69, 9.17) is 0 Å². The minimum absolute atomic E-state index is 0.0557. The van der Waals surface area contributed by atoms with Crippen molar-refractivity contribution < 1.29 is 9.58 Å². The summed E-state index contributed by atoms with van der Waals surface area (Å²) in [6, 6.07) is 3.67. The predicted octanol–water partition coefficient (Wildman–Crippen LogP) is 0.354. The van der Waals surface area contributed by atoms with Crippen LogP contribution >= 0.6 is 0 Å². The van der Waals surface area contributed by atoms with Crippen molar-refractivity contribution in [3.05, 3.63) is 33.7 Å². The van der Waals surface area contributed by atoms with Gasteiger partial charge < -0.3 is 15.3 Å². The fourth-order valence-electron chi connectivity index (χ4n) is 2.87. The maximum Gasteiger partial charge on any atom is 0.461 e. The van der Waals surface area contributed by atoms with Gasteiger partial charge >= 0.3 is 5.95 Å². The quantitative estimate of drug-likeness (QED) is 0.651. The number of anilines is 1. The monoisotopic (exact) mass is 303 g/mol. The lowest BCUT2D eigenvalue weighted by Crippen LogP contribution is -2.45. The SMILES string of the molecule is CN(C)CCNc1n[n+]([O-])c2cc3c(cc2[n+]1[O-])CCCC3. The highest BCUT2D eigenvalue weighted by Crippen LogP contribution is 2.24. The Morgan fingerprint density at radius 1 is 1.14 bits per heavy atom. The summed E-state index contributed by atoms with van der Waals surface area (Å²) in [7, 11) is 3.89. The Morgan fingerprint density at radius 3 is 2.41 bits per heavy atom. The standard InChI is InChI=1S/C15H21N5O2/c1-18(2)8-7-16-15-17-20(22)14-10-12-6-4-3-5-11(12)9-13(14)19(15)21/h9-10H,3-8H2,1-2H3,(H,16,17). The minimum atomic E-state index is 0.0557. The van der Waals surface area contributed by atoms with E-state index in [0.29, 0.717) is 22.4 Å². The smallest absolute Gasteiger partial charge is 0.461 e. The number of benzene rings is 1. The Bertz CT molecular complexity index is 702. The summed E-state index contributed by atoms with van der Waals surface area (Å²) < 4.78 is 0.730. The van der Waals surface area contributed by atoms with Crippen molar-refractivity contribution in [2.75, 3.05) is 32.5 Å². The molecule has 2 aromatic rings. The Labute approximate surface area is 129 Å². The number of nitrogens with zero attached hydrogens (tertiary/aromatic N) is 4. The Balaban J connectivity index is 2.00. The van der Waals surface area contributed by atoms with Crippen LogP contribution in [0.15, 0.2) is 12.1 Å². The van der Waals surface area contributed by atoms with Gasteiger partial charge in [-0.1, -0.05) is 0 Å². The molecule has 1 N–H and O–H groups in total. The zero-order chi connectivity index (χ0) is 15.7. The first-order valence-electron chi connectivity index (χ1n) is 7.64. The van der Waals surface area contributed by atoms with Gasteiger partial charge in [-0.15, -0.1) is 0 Å². The van der Waals surface area contributed by atoms with Gasteiger partial charge in [-0.05, 0) is 57.0 Å². The van der Waals surface area contributed by atoms with Crippen molar-refractivity contribution in [1.29, 1.82) is 0 Å². The van der Waals surface area contributed by atoms with E-state index in [0.717, 1.165) is 37.0 Å². The molecule has 0 spiro atoms. The fraction of sp³-hybridized carbons (Fsp3) is 0.533. The minimum Gasteiger partial charge on any atom is -0.739 e. The highest BCUT2D eigenvalue weighted by Gasteiger charge is 2.22. The Morgan fingerprint density at radius 2 is 1.77 bits per heavy atom. The Kier molecular flexibility index (Phi) is 3.98. The summed E-state index contributed by atoms with van der Waals surface area (Å²) in [5.41, 5.74) is 3.07. The second-order valence-electron chi connectivity index (χ2n) is 6.04. The molecule has 1 aromatic heterocycles. The van der Waals surface area contributed by atoms with E-state index in [9.17, 15) is 10.4 Å². The Hall–Kier alpha value is -2.15. The summed E-state index contributed by atoms with van der Waals surface area (Å²) in [4.78, 5) is 2.54. The van der Waals surface area contributed by atoms with Crippen LogP contribution in [0.1, 0.15) is 24.0 Å². The molecule has 1 aliphatic rings.